The van der Waals surface area contributed by atoms with Gasteiger partial charge in [0.05, 0.1) is 18.3 Å². The summed E-state index contributed by atoms with van der Waals surface area (Å²) in [5.41, 5.74) is 2.24. The Balaban J connectivity index is 1.77. The first kappa shape index (κ1) is 13.4. The number of fused-ring (bicyclic) bond motifs is 1. The van der Waals surface area contributed by atoms with Gasteiger partial charge < -0.3 is 9.88 Å². The van der Waals surface area contributed by atoms with Crippen molar-refractivity contribution in [2.75, 3.05) is 5.32 Å². The molecule has 0 aliphatic heterocycles. The number of para-hydroxylation sites is 1. The Kier molecular flexibility index (Phi) is 3.43. The number of hydrogen-bond donors (Lipinski definition) is 1. The molecule has 0 fully saturated rings. The standard InChI is InChI=1S/C15H17N5O/c1-3-20-16-9-13(18-20)17-14(21)10-19-8-7-12-6-4-5-11(2)15(12)19/h4-9H,3,10H2,1-2H3,(H,17,18,21). The molecular weight excluding hydrogens is 266 g/mol. The van der Waals surface area contributed by atoms with Crippen LogP contribution in [0.15, 0.2) is 36.7 Å². The molecule has 0 saturated heterocycles. The monoisotopic (exact) mass is 283 g/mol. The third-order valence-electron chi connectivity index (χ3n) is 3.39. The predicted octanol–water partition coefficient (Wildman–Crippen LogP) is 2.20. The van der Waals surface area contributed by atoms with Crippen LogP contribution < -0.4 is 5.32 Å². The summed E-state index contributed by atoms with van der Waals surface area (Å²) in [6, 6.07) is 8.13. The summed E-state index contributed by atoms with van der Waals surface area (Å²) in [5, 5.41) is 12.1. The van der Waals surface area contributed by atoms with Gasteiger partial charge in [0.25, 0.3) is 0 Å². The van der Waals surface area contributed by atoms with E-state index in [0.29, 0.717) is 12.4 Å². The molecular formula is C15H17N5O. The lowest BCUT2D eigenvalue weighted by Gasteiger charge is -2.07. The summed E-state index contributed by atoms with van der Waals surface area (Å²) in [7, 11) is 0. The van der Waals surface area contributed by atoms with Gasteiger partial charge >= 0.3 is 0 Å². The van der Waals surface area contributed by atoms with Gasteiger partial charge in [-0.15, -0.1) is 5.10 Å². The highest BCUT2D eigenvalue weighted by atomic mass is 16.2. The summed E-state index contributed by atoms with van der Waals surface area (Å²) < 4.78 is 1.95. The summed E-state index contributed by atoms with van der Waals surface area (Å²) in [6.45, 7) is 4.93. The van der Waals surface area contributed by atoms with Gasteiger partial charge in [0.15, 0.2) is 5.82 Å². The second-order valence-corrected chi connectivity index (χ2v) is 4.92. The van der Waals surface area contributed by atoms with E-state index in [1.807, 2.05) is 48.9 Å². The Hall–Kier alpha value is -2.63. The number of hydrogen-bond acceptors (Lipinski definition) is 3. The Bertz CT molecular complexity index is 786. The lowest BCUT2D eigenvalue weighted by Crippen LogP contribution is -2.18. The molecule has 6 nitrogen and oxygen atoms in total. The topological polar surface area (TPSA) is 64.7 Å². The van der Waals surface area contributed by atoms with E-state index in [1.165, 1.54) is 4.80 Å². The van der Waals surface area contributed by atoms with E-state index in [-0.39, 0.29) is 12.5 Å². The zero-order valence-electron chi connectivity index (χ0n) is 12.1. The molecule has 1 amide bonds. The molecule has 0 saturated carbocycles. The highest BCUT2D eigenvalue weighted by Crippen LogP contribution is 2.19. The number of carbonyl (C=O) groups excluding carboxylic acids is 1. The van der Waals surface area contributed by atoms with Crippen LogP contribution >= 0.6 is 0 Å². The summed E-state index contributed by atoms with van der Waals surface area (Å²) in [5.74, 6) is 0.369. The molecule has 0 radical (unpaired) electrons. The van der Waals surface area contributed by atoms with Gasteiger partial charge in [-0.05, 0) is 30.9 Å². The van der Waals surface area contributed by atoms with Gasteiger partial charge in [0, 0.05) is 6.20 Å². The highest BCUT2D eigenvalue weighted by Gasteiger charge is 2.09. The van der Waals surface area contributed by atoms with Crippen molar-refractivity contribution in [1.82, 2.24) is 19.6 Å². The second-order valence-electron chi connectivity index (χ2n) is 4.92. The fourth-order valence-corrected chi connectivity index (χ4v) is 2.43. The van der Waals surface area contributed by atoms with E-state index in [0.717, 1.165) is 16.5 Å². The van der Waals surface area contributed by atoms with Crippen molar-refractivity contribution >= 4 is 22.6 Å². The number of aryl methyl sites for hydroxylation is 2. The van der Waals surface area contributed by atoms with Crippen LogP contribution in [0.5, 0.6) is 0 Å². The molecule has 2 aromatic heterocycles. The SMILES string of the molecule is CCn1ncc(NC(=O)Cn2ccc3cccc(C)c32)n1. The number of amides is 1. The molecule has 6 heteroatoms. The van der Waals surface area contributed by atoms with Crippen LogP contribution in [0.3, 0.4) is 0 Å². The van der Waals surface area contributed by atoms with Crippen molar-refractivity contribution in [2.24, 2.45) is 0 Å². The molecule has 3 aromatic rings. The molecule has 108 valence electrons. The van der Waals surface area contributed by atoms with Crippen molar-refractivity contribution in [1.29, 1.82) is 0 Å². The quantitative estimate of drug-likeness (QED) is 0.798. The molecule has 0 aliphatic rings. The normalized spacial score (nSPS) is 11.0. The van der Waals surface area contributed by atoms with Gasteiger partial charge in [-0.3, -0.25) is 4.79 Å². The summed E-state index contributed by atoms with van der Waals surface area (Å²) >= 11 is 0. The number of rotatable bonds is 4. The number of aromatic nitrogens is 4. The van der Waals surface area contributed by atoms with Crippen LogP contribution in [-0.2, 0) is 17.9 Å². The largest absolute Gasteiger partial charge is 0.338 e. The average molecular weight is 283 g/mol. The lowest BCUT2D eigenvalue weighted by molar-refractivity contribution is -0.116. The number of nitrogens with zero attached hydrogens (tertiary/aromatic N) is 4. The van der Waals surface area contributed by atoms with Gasteiger partial charge in [0.2, 0.25) is 5.91 Å². The zero-order valence-corrected chi connectivity index (χ0v) is 12.1. The zero-order chi connectivity index (χ0) is 14.8. The van der Waals surface area contributed by atoms with Crippen LogP contribution in [-0.4, -0.2) is 25.5 Å². The molecule has 2 heterocycles. The minimum atomic E-state index is -0.112. The molecule has 0 spiro atoms. The third-order valence-corrected chi connectivity index (χ3v) is 3.39. The smallest absolute Gasteiger partial charge is 0.245 e. The maximum Gasteiger partial charge on any atom is 0.245 e. The van der Waals surface area contributed by atoms with E-state index in [2.05, 4.69) is 15.5 Å². The van der Waals surface area contributed by atoms with Crippen LogP contribution in [0.25, 0.3) is 10.9 Å². The summed E-state index contributed by atoms with van der Waals surface area (Å²) in [4.78, 5) is 13.7. The van der Waals surface area contributed by atoms with Crippen molar-refractivity contribution in [3.8, 4) is 0 Å². The Labute approximate surface area is 122 Å². The van der Waals surface area contributed by atoms with E-state index in [4.69, 9.17) is 0 Å². The first-order valence-electron chi connectivity index (χ1n) is 6.92. The van der Waals surface area contributed by atoms with Crippen LogP contribution in [0, 0.1) is 6.92 Å². The van der Waals surface area contributed by atoms with Crippen LogP contribution in [0.4, 0.5) is 5.82 Å². The van der Waals surface area contributed by atoms with E-state index < -0.39 is 0 Å². The van der Waals surface area contributed by atoms with Crippen molar-refractivity contribution < 1.29 is 4.79 Å². The molecule has 1 aromatic carbocycles. The Morgan fingerprint density at radius 3 is 2.95 bits per heavy atom. The fraction of sp³-hybridized carbons (Fsp3) is 0.267. The molecule has 0 bridgehead atoms. The van der Waals surface area contributed by atoms with E-state index in [1.54, 1.807) is 6.20 Å². The lowest BCUT2D eigenvalue weighted by atomic mass is 10.2. The third kappa shape index (κ3) is 2.65. The minimum absolute atomic E-state index is 0.112. The second kappa shape index (κ2) is 5.40. The first-order chi connectivity index (χ1) is 10.2. The molecule has 3 rings (SSSR count). The van der Waals surface area contributed by atoms with Crippen molar-refractivity contribution in [3.05, 3.63) is 42.2 Å². The number of anilines is 1. The van der Waals surface area contributed by atoms with Crippen LogP contribution in [0.1, 0.15) is 12.5 Å². The Morgan fingerprint density at radius 1 is 1.33 bits per heavy atom. The molecule has 0 unspecified atom stereocenters. The number of benzene rings is 1. The van der Waals surface area contributed by atoms with E-state index >= 15 is 0 Å². The molecule has 0 aliphatic carbocycles. The maximum atomic E-state index is 12.1. The summed E-state index contributed by atoms with van der Waals surface area (Å²) in [6.07, 6.45) is 3.49. The number of nitrogens with one attached hydrogen (secondary N) is 1. The highest BCUT2D eigenvalue weighted by molar-refractivity contribution is 5.91. The maximum absolute atomic E-state index is 12.1. The number of carbonyl (C=O) groups is 1. The van der Waals surface area contributed by atoms with Gasteiger partial charge in [-0.2, -0.15) is 9.90 Å². The van der Waals surface area contributed by atoms with Gasteiger partial charge in [-0.25, -0.2) is 0 Å². The Morgan fingerprint density at radius 2 is 2.19 bits per heavy atom. The molecule has 21 heavy (non-hydrogen) atoms. The average Bonchev–Trinajstić information content (AvgIpc) is 3.07. The van der Waals surface area contributed by atoms with E-state index in [9.17, 15) is 4.79 Å². The first-order valence-corrected chi connectivity index (χ1v) is 6.92. The minimum Gasteiger partial charge on any atom is -0.338 e. The molecule has 0 atom stereocenters. The van der Waals surface area contributed by atoms with Crippen molar-refractivity contribution in [2.45, 2.75) is 26.9 Å². The fourth-order valence-electron chi connectivity index (χ4n) is 2.43. The van der Waals surface area contributed by atoms with Crippen molar-refractivity contribution in [3.63, 3.8) is 0 Å². The van der Waals surface area contributed by atoms with Crippen LogP contribution in [0.2, 0.25) is 0 Å². The van der Waals surface area contributed by atoms with Gasteiger partial charge in [-0.1, -0.05) is 18.2 Å². The molecule has 1 N–H and O–H groups in total. The predicted molar refractivity (Wildman–Crippen MR) is 81.0 cm³/mol. The van der Waals surface area contributed by atoms with Gasteiger partial charge in [0.1, 0.15) is 6.54 Å².